The Morgan fingerprint density at radius 1 is 1.35 bits per heavy atom. The fraction of sp³-hybridized carbons (Fsp3) is 0.231. The number of likely N-dealkylation sites (N-methyl/N-ethyl adjacent to an activating group) is 1. The normalized spacial score (nSPS) is 10.5. The van der Waals surface area contributed by atoms with Crippen LogP contribution in [0.15, 0.2) is 36.7 Å². The topological polar surface area (TPSA) is 45.0 Å². The standard InChI is InChI=1S/C13H16FN3/c1-17(7-5-10-4-6-16-9-10)13-3-2-11(14)8-12(13)15/h2-4,6,8-9,16H,5,7,15H2,1H3. The van der Waals surface area contributed by atoms with Gasteiger partial charge in [0.25, 0.3) is 0 Å². The van der Waals surface area contributed by atoms with Crippen molar-refractivity contribution in [2.24, 2.45) is 0 Å². The maximum absolute atomic E-state index is 12.9. The van der Waals surface area contributed by atoms with Crippen molar-refractivity contribution in [3.63, 3.8) is 0 Å². The van der Waals surface area contributed by atoms with Crippen molar-refractivity contribution in [2.75, 3.05) is 24.2 Å². The Bertz CT molecular complexity index is 479. The average Bonchev–Trinajstić information content (AvgIpc) is 2.78. The monoisotopic (exact) mass is 233 g/mol. The molecule has 3 N–H and O–H groups in total. The molecule has 1 heterocycles. The minimum Gasteiger partial charge on any atom is -0.397 e. The Hall–Kier alpha value is -1.97. The molecule has 17 heavy (non-hydrogen) atoms. The highest BCUT2D eigenvalue weighted by Crippen LogP contribution is 2.22. The van der Waals surface area contributed by atoms with Gasteiger partial charge in [-0.2, -0.15) is 0 Å². The molecule has 0 saturated carbocycles. The Morgan fingerprint density at radius 2 is 2.18 bits per heavy atom. The van der Waals surface area contributed by atoms with E-state index in [1.54, 1.807) is 6.07 Å². The van der Waals surface area contributed by atoms with E-state index < -0.39 is 0 Å². The molecule has 0 spiro atoms. The maximum Gasteiger partial charge on any atom is 0.125 e. The largest absolute Gasteiger partial charge is 0.397 e. The summed E-state index contributed by atoms with van der Waals surface area (Å²) in [7, 11) is 1.95. The molecule has 2 aromatic rings. The summed E-state index contributed by atoms with van der Waals surface area (Å²) in [5, 5.41) is 0. The molecular formula is C13H16FN3. The number of benzene rings is 1. The molecule has 0 saturated heterocycles. The lowest BCUT2D eigenvalue weighted by molar-refractivity contribution is 0.628. The quantitative estimate of drug-likeness (QED) is 0.796. The molecule has 90 valence electrons. The van der Waals surface area contributed by atoms with Gasteiger partial charge in [-0.15, -0.1) is 0 Å². The smallest absolute Gasteiger partial charge is 0.125 e. The van der Waals surface area contributed by atoms with Crippen LogP contribution in [0.3, 0.4) is 0 Å². The van der Waals surface area contributed by atoms with Crippen molar-refractivity contribution in [1.29, 1.82) is 0 Å². The maximum atomic E-state index is 12.9. The Labute approximate surface area is 100 Å². The van der Waals surface area contributed by atoms with Gasteiger partial charge in [-0.25, -0.2) is 4.39 Å². The van der Waals surface area contributed by atoms with E-state index in [0.717, 1.165) is 18.7 Å². The summed E-state index contributed by atoms with van der Waals surface area (Å²) in [6, 6.07) is 6.53. The Morgan fingerprint density at radius 3 is 2.82 bits per heavy atom. The minimum atomic E-state index is -0.301. The highest BCUT2D eigenvalue weighted by Gasteiger charge is 2.06. The number of aromatic nitrogens is 1. The zero-order chi connectivity index (χ0) is 12.3. The number of anilines is 2. The van der Waals surface area contributed by atoms with Gasteiger partial charge in [-0.1, -0.05) is 0 Å². The van der Waals surface area contributed by atoms with Gasteiger partial charge < -0.3 is 15.6 Å². The summed E-state index contributed by atoms with van der Waals surface area (Å²) in [5.41, 5.74) is 8.37. The van der Waals surface area contributed by atoms with Gasteiger partial charge >= 0.3 is 0 Å². The third-order valence-electron chi connectivity index (χ3n) is 2.80. The van der Waals surface area contributed by atoms with E-state index in [0.29, 0.717) is 5.69 Å². The van der Waals surface area contributed by atoms with E-state index in [2.05, 4.69) is 4.98 Å². The van der Waals surface area contributed by atoms with E-state index in [-0.39, 0.29) is 5.82 Å². The molecule has 1 aromatic heterocycles. The van der Waals surface area contributed by atoms with Crippen LogP contribution < -0.4 is 10.6 Å². The second kappa shape index (κ2) is 4.91. The van der Waals surface area contributed by atoms with E-state index in [9.17, 15) is 4.39 Å². The number of hydrogen-bond acceptors (Lipinski definition) is 2. The van der Waals surface area contributed by atoms with E-state index in [1.807, 2.05) is 30.4 Å². The fourth-order valence-corrected chi connectivity index (χ4v) is 1.80. The number of nitrogen functional groups attached to an aromatic ring is 1. The van der Waals surface area contributed by atoms with E-state index in [4.69, 9.17) is 5.73 Å². The Balaban J connectivity index is 2.01. The molecule has 0 radical (unpaired) electrons. The van der Waals surface area contributed by atoms with Crippen molar-refractivity contribution < 1.29 is 4.39 Å². The average molecular weight is 233 g/mol. The summed E-state index contributed by atoms with van der Waals surface area (Å²) in [4.78, 5) is 5.05. The molecule has 0 aliphatic rings. The lowest BCUT2D eigenvalue weighted by Gasteiger charge is -2.20. The first-order chi connectivity index (χ1) is 8.16. The van der Waals surface area contributed by atoms with Crippen LogP contribution in [0.4, 0.5) is 15.8 Å². The van der Waals surface area contributed by atoms with Crippen molar-refractivity contribution in [1.82, 2.24) is 4.98 Å². The number of H-pyrrole nitrogens is 1. The molecule has 4 heteroatoms. The predicted octanol–water partition coefficient (Wildman–Crippen LogP) is 2.41. The number of rotatable bonds is 4. The molecule has 0 bridgehead atoms. The summed E-state index contributed by atoms with van der Waals surface area (Å²) < 4.78 is 12.9. The van der Waals surface area contributed by atoms with Gasteiger partial charge in [0.2, 0.25) is 0 Å². The number of nitrogens with two attached hydrogens (primary N) is 1. The molecule has 3 nitrogen and oxygen atoms in total. The van der Waals surface area contributed by atoms with Crippen LogP contribution in [-0.2, 0) is 6.42 Å². The number of aromatic amines is 1. The summed E-state index contributed by atoms with van der Waals surface area (Å²) in [5.74, 6) is -0.301. The number of nitrogens with one attached hydrogen (secondary N) is 1. The number of nitrogens with zero attached hydrogens (tertiary/aromatic N) is 1. The predicted molar refractivity (Wildman–Crippen MR) is 68.6 cm³/mol. The van der Waals surface area contributed by atoms with Crippen molar-refractivity contribution in [2.45, 2.75) is 6.42 Å². The van der Waals surface area contributed by atoms with E-state index >= 15 is 0 Å². The zero-order valence-corrected chi connectivity index (χ0v) is 9.78. The molecule has 2 rings (SSSR count). The minimum absolute atomic E-state index is 0.301. The lowest BCUT2D eigenvalue weighted by Crippen LogP contribution is -2.21. The van der Waals surface area contributed by atoms with Gasteiger partial charge in [0.15, 0.2) is 0 Å². The molecular weight excluding hydrogens is 217 g/mol. The summed E-state index contributed by atoms with van der Waals surface area (Å²) in [6.07, 6.45) is 4.81. The highest BCUT2D eigenvalue weighted by molar-refractivity contribution is 5.67. The van der Waals surface area contributed by atoms with Gasteiger partial charge in [0, 0.05) is 26.0 Å². The van der Waals surface area contributed by atoms with Crippen LogP contribution in [0.2, 0.25) is 0 Å². The van der Waals surface area contributed by atoms with Crippen molar-refractivity contribution in [3.8, 4) is 0 Å². The SMILES string of the molecule is CN(CCc1cc[nH]c1)c1ccc(F)cc1N. The molecule has 0 aliphatic heterocycles. The highest BCUT2D eigenvalue weighted by atomic mass is 19.1. The second-order valence-corrected chi connectivity index (χ2v) is 4.09. The van der Waals surface area contributed by atoms with Gasteiger partial charge in [0.05, 0.1) is 11.4 Å². The lowest BCUT2D eigenvalue weighted by atomic mass is 10.2. The van der Waals surface area contributed by atoms with Crippen LogP contribution in [0, 0.1) is 5.82 Å². The first-order valence-electron chi connectivity index (χ1n) is 5.54. The Kier molecular flexibility index (Phi) is 3.32. The molecule has 1 aromatic carbocycles. The zero-order valence-electron chi connectivity index (χ0n) is 9.78. The molecule has 0 atom stereocenters. The second-order valence-electron chi connectivity index (χ2n) is 4.09. The molecule has 0 unspecified atom stereocenters. The third-order valence-corrected chi connectivity index (χ3v) is 2.80. The van der Waals surface area contributed by atoms with Crippen LogP contribution in [0.25, 0.3) is 0 Å². The van der Waals surface area contributed by atoms with Crippen LogP contribution in [0.5, 0.6) is 0 Å². The van der Waals surface area contributed by atoms with Gasteiger partial charge in [-0.05, 0) is 36.2 Å². The fourth-order valence-electron chi connectivity index (χ4n) is 1.80. The molecule has 0 fully saturated rings. The first-order valence-corrected chi connectivity index (χ1v) is 5.54. The first kappa shape index (κ1) is 11.5. The third kappa shape index (κ3) is 2.78. The molecule has 0 aliphatic carbocycles. The van der Waals surface area contributed by atoms with Gasteiger partial charge in [-0.3, -0.25) is 0 Å². The van der Waals surface area contributed by atoms with Crippen LogP contribution >= 0.6 is 0 Å². The van der Waals surface area contributed by atoms with Crippen molar-refractivity contribution >= 4 is 11.4 Å². The van der Waals surface area contributed by atoms with Gasteiger partial charge in [0.1, 0.15) is 5.82 Å². The van der Waals surface area contributed by atoms with Crippen molar-refractivity contribution in [3.05, 3.63) is 48.0 Å². The van der Waals surface area contributed by atoms with Crippen LogP contribution in [-0.4, -0.2) is 18.6 Å². The van der Waals surface area contributed by atoms with Crippen LogP contribution in [0.1, 0.15) is 5.56 Å². The number of hydrogen-bond donors (Lipinski definition) is 2. The summed E-state index contributed by atoms with van der Waals surface area (Å²) in [6.45, 7) is 0.841. The molecule has 0 amide bonds. The number of halogens is 1. The summed E-state index contributed by atoms with van der Waals surface area (Å²) >= 11 is 0. The van der Waals surface area contributed by atoms with E-state index in [1.165, 1.54) is 17.7 Å².